The average Bonchev–Trinajstić information content (AvgIpc) is 2.67. The molecule has 4 nitrogen and oxygen atoms in total. The van der Waals surface area contributed by atoms with E-state index in [1.54, 1.807) is 0 Å². The molecule has 0 radical (unpaired) electrons. The molecule has 0 fully saturated rings. The van der Waals surface area contributed by atoms with Crippen LogP contribution in [0.15, 0.2) is 28.7 Å². The molecule has 2 N–H and O–H groups in total. The van der Waals surface area contributed by atoms with Crippen molar-refractivity contribution >= 4 is 15.9 Å². The Balaban J connectivity index is 2.08. The zero-order chi connectivity index (χ0) is 13.1. The van der Waals surface area contributed by atoms with Gasteiger partial charge in [-0.2, -0.15) is 5.10 Å². The maximum Gasteiger partial charge on any atom is 0.130 e. The number of benzene rings is 1. The van der Waals surface area contributed by atoms with Gasteiger partial charge in [0.2, 0.25) is 0 Å². The Morgan fingerprint density at radius 2 is 2.17 bits per heavy atom. The molecule has 1 aromatic heterocycles. The van der Waals surface area contributed by atoms with E-state index in [4.69, 9.17) is 10.5 Å². The predicted molar refractivity (Wildman–Crippen MR) is 74.3 cm³/mol. The van der Waals surface area contributed by atoms with E-state index in [2.05, 4.69) is 21.0 Å². The van der Waals surface area contributed by atoms with Crippen LogP contribution in [0.4, 0.5) is 0 Å². The van der Waals surface area contributed by atoms with E-state index in [1.807, 2.05) is 42.9 Å². The van der Waals surface area contributed by atoms with Gasteiger partial charge < -0.3 is 10.5 Å². The van der Waals surface area contributed by atoms with E-state index >= 15 is 0 Å². The summed E-state index contributed by atoms with van der Waals surface area (Å²) in [6, 6.07) is 7.84. The van der Waals surface area contributed by atoms with Crippen LogP contribution < -0.4 is 10.5 Å². The summed E-state index contributed by atoms with van der Waals surface area (Å²) in [5.41, 5.74) is 8.73. The molecule has 96 valence electrons. The van der Waals surface area contributed by atoms with Crippen LogP contribution in [0.25, 0.3) is 0 Å². The van der Waals surface area contributed by atoms with Crippen LogP contribution in [0.3, 0.4) is 0 Å². The summed E-state index contributed by atoms with van der Waals surface area (Å²) in [6.45, 7) is 2.96. The lowest BCUT2D eigenvalue weighted by Crippen LogP contribution is -2.04. The summed E-state index contributed by atoms with van der Waals surface area (Å²) in [6.07, 6.45) is 0. The summed E-state index contributed by atoms with van der Waals surface area (Å²) in [5.74, 6) is 0.817. The molecule has 0 amide bonds. The molecule has 1 aromatic carbocycles. The summed E-state index contributed by atoms with van der Waals surface area (Å²) in [4.78, 5) is 0. The largest absolute Gasteiger partial charge is 0.487 e. The minimum absolute atomic E-state index is 0.489. The van der Waals surface area contributed by atoms with Gasteiger partial charge >= 0.3 is 0 Å². The molecular weight excluding hydrogens is 294 g/mol. The number of hydrogen-bond donors (Lipinski definition) is 1. The zero-order valence-electron chi connectivity index (χ0n) is 10.5. The lowest BCUT2D eigenvalue weighted by Gasteiger charge is -2.08. The van der Waals surface area contributed by atoms with Gasteiger partial charge in [-0.1, -0.05) is 15.9 Å². The van der Waals surface area contributed by atoms with Gasteiger partial charge in [0.1, 0.15) is 12.4 Å². The molecular formula is C13H16BrN3O. The van der Waals surface area contributed by atoms with Crippen molar-refractivity contribution in [2.75, 3.05) is 0 Å². The van der Waals surface area contributed by atoms with Crippen LogP contribution in [0.2, 0.25) is 0 Å². The van der Waals surface area contributed by atoms with Gasteiger partial charge in [-0.3, -0.25) is 4.68 Å². The molecule has 2 aromatic rings. The van der Waals surface area contributed by atoms with Crippen molar-refractivity contribution in [2.24, 2.45) is 12.8 Å². The summed E-state index contributed by atoms with van der Waals surface area (Å²) >= 11 is 3.45. The second kappa shape index (κ2) is 5.54. The highest BCUT2D eigenvalue weighted by atomic mass is 79.9. The number of aromatic nitrogens is 2. The first-order valence-corrected chi connectivity index (χ1v) is 6.50. The van der Waals surface area contributed by atoms with E-state index in [0.717, 1.165) is 27.2 Å². The highest BCUT2D eigenvalue weighted by Crippen LogP contribution is 2.22. The Hall–Kier alpha value is -1.33. The number of halogens is 1. The molecule has 2 rings (SSSR count). The van der Waals surface area contributed by atoms with Gasteiger partial charge in [0.15, 0.2) is 0 Å². The van der Waals surface area contributed by atoms with Crippen molar-refractivity contribution < 1.29 is 4.74 Å². The van der Waals surface area contributed by atoms with Gasteiger partial charge in [0, 0.05) is 18.1 Å². The number of aryl methyl sites for hydroxylation is 2. The quantitative estimate of drug-likeness (QED) is 0.944. The lowest BCUT2D eigenvalue weighted by atomic mass is 10.2. The third-order valence-corrected chi connectivity index (χ3v) is 3.50. The van der Waals surface area contributed by atoms with Crippen LogP contribution >= 0.6 is 15.9 Å². The Morgan fingerprint density at radius 3 is 2.78 bits per heavy atom. The molecule has 18 heavy (non-hydrogen) atoms. The number of hydrogen-bond acceptors (Lipinski definition) is 3. The van der Waals surface area contributed by atoms with E-state index in [0.29, 0.717) is 13.2 Å². The molecule has 0 aliphatic carbocycles. The fourth-order valence-electron chi connectivity index (χ4n) is 1.75. The van der Waals surface area contributed by atoms with Crippen LogP contribution in [-0.4, -0.2) is 9.78 Å². The van der Waals surface area contributed by atoms with Crippen LogP contribution in [-0.2, 0) is 20.2 Å². The van der Waals surface area contributed by atoms with Gasteiger partial charge in [0.05, 0.1) is 11.4 Å². The normalized spacial score (nSPS) is 10.7. The molecule has 0 unspecified atom stereocenters. The van der Waals surface area contributed by atoms with Crippen LogP contribution in [0.5, 0.6) is 5.75 Å². The molecule has 0 bridgehead atoms. The van der Waals surface area contributed by atoms with Crippen molar-refractivity contribution in [3.05, 3.63) is 45.7 Å². The summed E-state index contributed by atoms with van der Waals surface area (Å²) in [5, 5.41) is 4.28. The van der Waals surface area contributed by atoms with E-state index in [-0.39, 0.29) is 0 Å². The summed E-state index contributed by atoms with van der Waals surface area (Å²) < 4.78 is 8.59. The van der Waals surface area contributed by atoms with Crippen LogP contribution in [0, 0.1) is 6.92 Å². The fraction of sp³-hybridized carbons (Fsp3) is 0.308. The topological polar surface area (TPSA) is 53.1 Å². The Labute approximate surface area is 115 Å². The molecule has 0 spiro atoms. The number of nitrogens with zero attached hydrogens (tertiary/aromatic N) is 2. The second-order valence-corrected chi connectivity index (χ2v) is 5.00. The first kappa shape index (κ1) is 13.1. The SMILES string of the molecule is Cc1cc(COc2ccc(Br)c(CN)c2)n(C)n1. The molecule has 5 heteroatoms. The molecule has 1 heterocycles. The molecule has 0 aliphatic heterocycles. The maximum absolute atomic E-state index is 5.75. The molecule has 0 saturated heterocycles. The Morgan fingerprint density at radius 1 is 1.39 bits per heavy atom. The minimum atomic E-state index is 0.489. The number of ether oxygens (including phenoxy) is 1. The molecule has 0 aliphatic rings. The highest BCUT2D eigenvalue weighted by Gasteiger charge is 2.04. The van der Waals surface area contributed by atoms with Gasteiger partial charge in [-0.05, 0) is 36.8 Å². The van der Waals surface area contributed by atoms with E-state index in [1.165, 1.54) is 0 Å². The monoisotopic (exact) mass is 309 g/mol. The van der Waals surface area contributed by atoms with Gasteiger partial charge in [0.25, 0.3) is 0 Å². The van der Waals surface area contributed by atoms with Crippen molar-refractivity contribution in [3.63, 3.8) is 0 Å². The van der Waals surface area contributed by atoms with Crippen molar-refractivity contribution in [1.29, 1.82) is 0 Å². The van der Waals surface area contributed by atoms with E-state index < -0.39 is 0 Å². The highest BCUT2D eigenvalue weighted by molar-refractivity contribution is 9.10. The van der Waals surface area contributed by atoms with Crippen molar-refractivity contribution in [2.45, 2.75) is 20.1 Å². The van der Waals surface area contributed by atoms with Crippen LogP contribution in [0.1, 0.15) is 17.0 Å². The predicted octanol–water partition coefficient (Wildman–Crippen LogP) is 2.53. The Bertz CT molecular complexity index is 551. The third-order valence-electron chi connectivity index (χ3n) is 2.72. The minimum Gasteiger partial charge on any atom is -0.487 e. The zero-order valence-corrected chi connectivity index (χ0v) is 12.1. The average molecular weight is 310 g/mol. The smallest absolute Gasteiger partial charge is 0.130 e. The number of rotatable bonds is 4. The number of nitrogens with two attached hydrogens (primary N) is 1. The van der Waals surface area contributed by atoms with Gasteiger partial charge in [-0.25, -0.2) is 0 Å². The standard InChI is InChI=1S/C13H16BrN3O/c1-9-5-11(17(2)16-9)8-18-12-3-4-13(14)10(6-12)7-15/h3-6H,7-8,15H2,1-2H3. The first-order chi connectivity index (χ1) is 8.60. The summed E-state index contributed by atoms with van der Waals surface area (Å²) in [7, 11) is 1.92. The molecule has 0 saturated carbocycles. The maximum atomic E-state index is 5.75. The van der Waals surface area contributed by atoms with Gasteiger partial charge in [-0.15, -0.1) is 0 Å². The molecule has 0 atom stereocenters. The van der Waals surface area contributed by atoms with Crippen molar-refractivity contribution in [3.8, 4) is 5.75 Å². The third kappa shape index (κ3) is 2.91. The van der Waals surface area contributed by atoms with Crippen molar-refractivity contribution in [1.82, 2.24) is 9.78 Å². The fourth-order valence-corrected chi connectivity index (χ4v) is 2.16. The second-order valence-electron chi connectivity index (χ2n) is 4.15. The lowest BCUT2D eigenvalue weighted by molar-refractivity contribution is 0.294. The Kier molecular flexibility index (Phi) is 4.04. The van der Waals surface area contributed by atoms with E-state index in [9.17, 15) is 0 Å². The first-order valence-electron chi connectivity index (χ1n) is 5.71.